The molecule has 0 saturated heterocycles. The topological polar surface area (TPSA) is 0 Å². The molecular formula is C30H56Cl2NiP2+2. The Morgan fingerprint density at radius 3 is 0.543 bits per heavy atom. The Hall–Kier alpha value is 1.93. The van der Waals surface area contributed by atoms with Gasteiger partial charge < -0.3 is 0 Å². The number of hydrogen-bond acceptors (Lipinski definition) is 0. The van der Waals surface area contributed by atoms with Crippen LogP contribution >= 0.6 is 36.2 Å². The van der Waals surface area contributed by atoms with Crippen molar-refractivity contribution in [2.24, 2.45) is 0 Å². The molecule has 0 atom stereocenters. The predicted octanol–water partition coefficient (Wildman–Crippen LogP) is 11.4. The zero-order valence-electron chi connectivity index (χ0n) is 22.5. The Kier molecular flexibility index (Phi) is 14.4. The van der Waals surface area contributed by atoms with Crippen LogP contribution in [0.1, 0.15) is 154 Å². The monoisotopic (exact) mass is 606 g/mol. The van der Waals surface area contributed by atoms with Crippen LogP contribution < -0.4 is 0 Å². The van der Waals surface area contributed by atoms with E-state index < -0.39 is 0 Å². The van der Waals surface area contributed by atoms with Crippen molar-refractivity contribution in [2.75, 3.05) is 0 Å². The SMILES string of the molecule is C1CCC([PH+](C2CCCC2)C2CCCC2)C1.C1CCC([PH+](C2CCCC2)C2CCCC2)C1.[Cl][Ni][Cl]. The molecule has 0 spiro atoms. The first-order valence-corrected chi connectivity index (χ1v) is 22.1. The van der Waals surface area contributed by atoms with E-state index >= 15 is 0 Å². The van der Waals surface area contributed by atoms with Crippen LogP contribution in [0.15, 0.2) is 0 Å². The molecule has 0 nitrogen and oxygen atoms in total. The van der Waals surface area contributed by atoms with Crippen molar-refractivity contribution < 1.29 is 12.7 Å². The second-order valence-electron chi connectivity index (χ2n) is 12.9. The molecule has 0 heterocycles. The number of rotatable bonds is 6. The molecule has 0 N–H and O–H groups in total. The molecule has 0 aromatic rings. The molecule has 0 aromatic heterocycles. The van der Waals surface area contributed by atoms with Gasteiger partial charge in [-0.15, -0.1) is 0 Å². The molecular weight excluding hydrogens is 552 g/mol. The van der Waals surface area contributed by atoms with Gasteiger partial charge in [-0.25, -0.2) is 0 Å². The Labute approximate surface area is 235 Å². The van der Waals surface area contributed by atoms with Gasteiger partial charge in [-0.3, -0.25) is 0 Å². The molecule has 0 radical (unpaired) electrons. The van der Waals surface area contributed by atoms with Gasteiger partial charge in [0.1, 0.15) is 0 Å². The molecule has 0 bridgehead atoms. The van der Waals surface area contributed by atoms with E-state index in [9.17, 15) is 0 Å². The molecule has 208 valence electrons. The molecule has 0 aromatic carbocycles. The number of hydrogen-bond donors (Lipinski definition) is 0. The fraction of sp³-hybridized carbons (Fsp3) is 1.00. The molecule has 6 aliphatic rings. The van der Waals surface area contributed by atoms with Crippen molar-refractivity contribution in [2.45, 2.75) is 188 Å². The van der Waals surface area contributed by atoms with Gasteiger partial charge in [0.2, 0.25) is 0 Å². The number of halogens is 2. The second kappa shape index (κ2) is 16.9. The minimum absolute atomic E-state index is 0.0224. The summed E-state index contributed by atoms with van der Waals surface area (Å²) >= 11 is 0.569. The van der Waals surface area contributed by atoms with Crippen molar-refractivity contribution in [3.8, 4) is 0 Å². The summed E-state index contributed by atoms with van der Waals surface area (Å²) in [5.74, 6) is 0. The van der Waals surface area contributed by atoms with Crippen LogP contribution in [0.4, 0.5) is 0 Å². The summed E-state index contributed by atoms with van der Waals surface area (Å²) in [6.45, 7) is 0. The van der Waals surface area contributed by atoms with Crippen LogP contribution in [0.5, 0.6) is 0 Å². The molecule has 6 fully saturated rings. The molecule has 0 amide bonds. The summed E-state index contributed by atoms with van der Waals surface area (Å²) in [7, 11) is 9.45. The van der Waals surface area contributed by atoms with Gasteiger partial charge in [-0.05, 0) is 154 Å². The Morgan fingerprint density at radius 2 is 0.429 bits per heavy atom. The van der Waals surface area contributed by atoms with Gasteiger partial charge in [0, 0.05) is 15.8 Å². The maximum absolute atomic E-state index is 4.70. The van der Waals surface area contributed by atoms with Crippen molar-refractivity contribution in [3.63, 3.8) is 0 Å². The average molecular weight is 608 g/mol. The average Bonchev–Trinajstić information content (AvgIpc) is 3.70. The molecule has 6 rings (SSSR count). The van der Waals surface area contributed by atoms with Crippen molar-refractivity contribution in [3.05, 3.63) is 0 Å². The molecule has 0 unspecified atom stereocenters. The summed E-state index contributed by atoms with van der Waals surface area (Å²) in [5.41, 5.74) is 7.48. The fourth-order valence-corrected chi connectivity index (χ4v) is 20.0. The van der Waals surface area contributed by atoms with E-state index in [1.807, 2.05) is 0 Å². The first kappa shape index (κ1) is 29.9. The van der Waals surface area contributed by atoms with Crippen molar-refractivity contribution in [1.82, 2.24) is 0 Å². The third kappa shape index (κ3) is 8.97. The van der Waals surface area contributed by atoms with Gasteiger partial charge >= 0.3 is 33.0 Å². The maximum atomic E-state index is 4.70. The zero-order valence-corrected chi connectivity index (χ0v) is 27.0. The van der Waals surface area contributed by atoms with E-state index in [2.05, 4.69) is 0 Å². The summed E-state index contributed by atoms with van der Waals surface area (Å²) in [6.07, 6.45) is 38.3. The zero-order chi connectivity index (χ0) is 24.3. The summed E-state index contributed by atoms with van der Waals surface area (Å²) in [4.78, 5) is 0. The van der Waals surface area contributed by atoms with Gasteiger partial charge in [0.05, 0.1) is 34.0 Å². The third-order valence-corrected chi connectivity index (χ3v) is 20.1. The van der Waals surface area contributed by atoms with Gasteiger partial charge in [-0.2, -0.15) is 0 Å². The van der Waals surface area contributed by atoms with Crippen LogP contribution in [0.25, 0.3) is 0 Å². The van der Waals surface area contributed by atoms with Crippen LogP contribution in [-0.2, 0) is 12.7 Å². The fourth-order valence-electron chi connectivity index (χ4n) is 9.55. The molecule has 35 heavy (non-hydrogen) atoms. The van der Waals surface area contributed by atoms with E-state index in [4.69, 9.17) is 20.4 Å². The van der Waals surface area contributed by atoms with Crippen molar-refractivity contribution >= 4 is 36.2 Å². The van der Waals surface area contributed by atoms with Gasteiger partial charge in [0.25, 0.3) is 0 Å². The molecule has 0 aliphatic heterocycles. The Bertz CT molecular complexity index is 418. The third-order valence-electron chi connectivity index (χ3n) is 11.0. The van der Waals surface area contributed by atoms with Gasteiger partial charge in [0.15, 0.2) is 0 Å². The normalized spacial score (nSPS) is 27.9. The van der Waals surface area contributed by atoms with Crippen LogP contribution in [-0.4, -0.2) is 34.0 Å². The van der Waals surface area contributed by atoms with E-state index in [0.717, 1.165) is 0 Å². The first-order valence-electron chi connectivity index (χ1n) is 15.9. The van der Waals surface area contributed by atoms with Crippen molar-refractivity contribution in [1.29, 1.82) is 0 Å². The summed E-state index contributed by atoms with van der Waals surface area (Å²) in [6, 6.07) is 0. The Balaban J connectivity index is 0.000000149. The first-order chi connectivity index (χ1) is 17.3. The quantitative estimate of drug-likeness (QED) is 0.208. The van der Waals surface area contributed by atoms with E-state index in [-0.39, 0.29) is 15.8 Å². The summed E-state index contributed by atoms with van der Waals surface area (Å²) < 4.78 is 0. The van der Waals surface area contributed by atoms with E-state index in [1.165, 1.54) is 34.0 Å². The van der Waals surface area contributed by atoms with Crippen LogP contribution in [0, 0.1) is 0 Å². The summed E-state index contributed by atoms with van der Waals surface area (Å²) in [5, 5.41) is 0. The Morgan fingerprint density at radius 1 is 0.314 bits per heavy atom. The predicted molar refractivity (Wildman–Crippen MR) is 162 cm³/mol. The van der Waals surface area contributed by atoms with Crippen LogP contribution in [0.3, 0.4) is 0 Å². The van der Waals surface area contributed by atoms with Crippen LogP contribution in [0.2, 0.25) is 0 Å². The second-order valence-corrected chi connectivity index (χ2v) is 21.5. The standard InChI is InChI=1S/2C15H27P.2ClH.Ni/c2*1-2-8-13(7-1)16(14-9-3-4-10-14)15-11-5-6-12-15;;;/h2*13-15H,1-12H2;2*1H;/q;;;;+2. The molecule has 5 heteroatoms. The van der Waals surface area contributed by atoms with E-state index in [0.29, 0.717) is 12.7 Å². The molecule has 6 saturated carbocycles. The molecule has 6 aliphatic carbocycles. The minimum atomic E-state index is 0.0224. The van der Waals surface area contributed by atoms with Gasteiger partial charge in [-0.1, -0.05) is 0 Å². The van der Waals surface area contributed by atoms with E-state index in [1.54, 1.807) is 154 Å².